The Morgan fingerprint density at radius 3 is 2.39 bits per heavy atom. The van der Waals surface area contributed by atoms with Gasteiger partial charge in [-0.25, -0.2) is 0 Å². The Morgan fingerprint density at radius 2 is 1.82 bits per heavy atom. The first kappa shape index (κ1) is 19.4. The number of nitrogens with zero attached hydrogens (tertiary/aromatic N) is 1. The Hall–Kier alpha value is -1.93. The summed E-state index contributed by atoms with van der Waals surface area (Å²) < 4.78 is 38.0. The molecule has 1 unspecified atom stereocenters. The summed E-state index contributed by atoms with van der Waals surface area (Å²) in [4.78, 5) is 18.2. The van der Waals surface area contributed by atoms with Crippen LogP contribution in [-0.4, -0.2) is 41.0 Å². The number of carbonyl (C=O) groups excluding carboxylic acids is 1. The van der Waals surface area contributed by atoms with Crippen LogP contribution >= 0.6 is 11.8 Å². The molecule has 150 valence electrons. The van der Waals surface area contributed by atoms with Gasteiger partial charge in [-0.2, -0.15) is 13.2 Å². The van der Waals surface area contributed by atoms with Crippen molar-refractivity contribution in [3.05, 3.63) is 47.7 Å². The average molecular weight is 409 g/mol. The summed E-state index contributed by atoms with van der Waals surface area (Å²) in [6, 6.07) is 9.91. The van der Waals surface area contributed by atoms with Crippen LogP contribution in [0.1, 0.15) is 35.8 Å². The maximum atomic E-state index is 12.7. The molecule has 0 spiro atoms. The maximum absolute atomic E-state index is 12.7. The lowest BCUT2D eigenvalue weighted by Crippen LogP contribution is -2.62. The van der Waals surface area contributed by atoms with Gasteiger partial charge in [-0.15, -0.1) is 0 Å². The van der Waals surface area contributed by atoms with Gasteiger partial charge < -0.3 is 10.3 Å². The molecule has 1 aromatic carbocycles. The number of amides is 1. The van der Waals surface area contributed by atoms with Crippen LogP contribution in [0.15, 0.2) is 46.3 Å². The van der Waals surface area contributed by atoms with Crippen molar-refractivity contribution in [3.63, 3.8) is 0 Å². The molecule has 2 atom stereocenters. The third-order valence-electron chi connectivity index (χ3n) is 5.78. The third-order valence-corrected chi connectivity index (χ3v) is 6.75. The van der Waals surface area contributed by atoms with Crippen LogP contribution in [0.5, 0.6) is 0 Å². The molecule has 0 saturated carbocycles. The summed E-state index contributed by atoms with van der Waals surface area (Å²) in [5.41, 5.74) is -0.201. The molecule has 28 heavy (non-hydrogen) atoms. The molecule has 0 radical (unpaired) electrons. The fourth-order valence-corrected chi connectivity index (χ4v) is 5.00. The molecule has 1 amide bonds. The number of hydrogen-bond donors (Lipinski definition) is 2. The highest BCUT2D eigenvalue weighted by Crippen LogP contribution is 2.34. The van der Waals surface area contributed by atoms with Crippen molar-refractivity contribution < 1.29 is 18.0 Å². The fourth-order valence-electron chi connectivity index (χ4n) is 4.18. The second kappa shape index (κ2) is 7.48. The van der Waals surface area contributed by atoms with Crippen LogP contribution in [-0.2, 0) is 6.18 Å². The number of H-pyrrole nitrogens is 1. The smallest absolute Gasteiger partial charge is 0.347 e. The number of hydrogen-bond acceptors (Lipinski definition) is 3. The topological polar surface area (TPSA) is 48.1 Å². The van der Waals surface area contributed by atoms with Gasteiger partial charge in [0.1, 0.15) is 5.69 Å². The molecule has 2 aromatic rings. The molecule has 3 saturated heterocycles. The number of aromatic amines is 1. The molecule has 3 fully saturated rings. The Labute approximate surface area is 165 Å². The highest BCUT2D eigenvalue weighted by molar-refractivity contribution is 7.99. The number of alkyl halides is 3. The molecule has 5 rings (SSSR count). The van der Waals surface area contributed by atoms with Crippen LogP contribution in [0.3, 0.4) is 0 Å². The summed E-state index contributed by atoms with van der Waals surface area (Å²) in [5, 5.41) is 3.59. The number of halogens is 3. The van der Waals surface area contributed by atoms with E-state index in [2.05, 4.69) is 22.1 Å². The number of benzene rings is 1. The van der Waals surface area contributed by atoms with Gasteiger partial charge >= 0.3 is 6.18 Å². The van der Waals surface area contributed by atoms with E-state index in [0.717, 1.165) is 36.9 Å². The molecule has 2 N–H and O–H groups in total. The van der Waals surface area contributed by atoms with Crippen molar-refractivity contribution in [2.45, 2.75) is 47.9 Å². The van der Waals surface area contributed by atoms with Crippen LogP contribution in [0.2, 0.25) is 0 Å². The lowest BCUT2D eigenvalue weighted by Gasteiger charge is -2.49. The van der Waals surface area contributed by atoms with E-state index in [1.807, 2.05) is 0 Å². The van der Waals surface area contributed by atoms with E-state index < -0.39 is 11.9 Å². The summed E-state index contributed by atoms with van der Waals surface area (Å²) in [6.45, 7) is 4.39. The zero-order valence-corrected chi connectivity index (χ0v) is 16.2. The predicted molar refractivity (Wildman–Crippen MR) is 101 cm³/mol. The van der Waals surface area contributed by atoms with Gasteiger partial charge in [0.15, 0.2) is 0 Å². The van der Waals surface area contributed by atoms with Gasteiger partial charge in [-0.05, 0) is 75.2 Å². The standard InChI is InChI=1S/C20H22F3N3OS/c1-12-18(13-8-10-26(12)11-9-13)25-19(27)14-2-4-15(5-3-14)28-17-7-6-16(24-17)20(21,22)23/h2-7,12-13,18,24H,8-11H2,1H3,(H,25,27)/t12?,18-/m0/s1. The van der Waals surface area contributed by atoms with Crippen molar-refractivity contribution >= 4 is 17.7 Å². The lowest BCUT2D eigenvalue weighted by atomic mass is 9.79. The van der Waals surface area contributed by atoms with Gasteiger partial charge in [0.05, 0.1) is 5.03 Å². The third kappa shape index (κ3) is 3.93. The Bertz CT molecular complexity index is 839. The van der Waals surface area contributed by atoms with Gasteiger partial charge in [0, 0.05) is 22.5 Å². The Morgan fingerprint density at radius 1 is 1.14 bits per heavy atom. The number of rotatable bonds is 4. The fraction of sp³-hybridized carbons (Fsp3) is 0.450. The van der Waals surface area contributed by atoms with E-state index in [1.165, 1.54) is 17.8 Å². The minimum absolute atomic E-state index is 0.0959. The number of nitrogens with one attached hydrogen (secondary N) is 2. The van der Waals surface area contributed by atoms with E-state index in [-0.39, 0.29) is 11.9 Å². The summed E-state index contributed by atoms with van der Waals surface area (Å²) >= 11 is 1.20. The normalized spacial score (nSPS) is 27.0. The molecule has 3 aliphatic heterocycles. The van der Waals surface area contributed by atoms with E-state index >= 15 is 0 Å². The number of fused-ring (bicyclic) bond motifs is 3. The molecule has 4 heterocycles. The SMILES string of the molecule is CC1[C@H](NC(=O)c2ccc(Sc3ccc(C(F)(F)F)[nH]3)cc2)C2CCN1CC2. The van der Waals surface area contributed by atoms with Crippen LogP contribution in [0.25, 0.3) is 0 Å². The summed E-state index contributed by atoms with van der Waals surface area (Å²) in [6.07, 6.45) is -2.13. The zero-order chi connectivity index (χ0) is 19.9. The Kier molecular flexibility index (Phi) is 5.18. The number of piperidine rings is 3. The van der Waals surface area contributed by atoms with Crippen LogP contribution in [0.4, 0.5) is 13.2 Å². The number of carbonyl (C=O) groups is 1. The summed E-state index contributed by atoms with van der Waals surface area (Å²) in [5.74, 6) is 0.441. The first-order valence-electron chi connectivity index (χ1n) is 9.40. The molecule has 1 aromatic heterocycles. The van der Waals surface area contributed by atoms with Gasteiger partial charge in [0.2, 0.25) is 0 Å². The van der Waals surface area contributed by atoms with E-state index in [1.54, 1.807) is 24.3 Å². The van der Waals surface area contributed by atoms with Crippen LogP contribution in [0, 0.1) is 5.92 Å². The highest BCUT2D eigenvalue weighted by atomic mass is 32.2. The molecule has 2 bridgehead atoms. The quantitative estimate of drug-likeness (QED) is 0.787. The van der Waals surface area contributed by atoms with Gasteiger partial charge in [0.25, 0.3) is 5.91 Å². The van der Waals surface area contributed by atoms with E-state index in [0.29, 0.717) is 22.5 Å². The first-order valence-corrected chi connectivity index (χ1v) is 10.2. The van der Waals surface area contributed by atoms with Gasteiger partial charge in [-0.1, -0.05) is 11.8 Å². The van der Waals surface area contributed by atoms with Crippen molar-refractivity contribution in [1.82, 2.24) is 15.2 Å². The van der Waals surface area contributed by atoms with Crippen molar-refractivity contribution in [1.29, 1.82) is 0 Å². The number of aromatic nitrogens is 1. The molecule has 3 aliphatic rings. The zero-order valence-electron chi connectivity index (χ0n) is 15.4. The first-order chi connectivity index (χ1) is 13.3. The minimum atomic E-state index is -4.38. The second-order valence-corrected chi connectivity index (χ2v) is 8.59. The highest BCUT2D eigenvalue weighted by Gasteiger charge is 2.40. The van der Waals surface area contributed by atoms with Crippen LogP contribution < -0.4 is 5.32 Å². The molecular formula is C20H22F3N3OS. The molecule has 0 aliphatic carbocycles. The van der Waals surface area contributed by atoms with Crippen molar-refractivity contribution in [2.24, 2.45) is 5.92 Å². The second-order valence-electron chi connectivity index (χ2n) is 7.47. The monoisotopic (exact) mass is 409 g/mol. The van der Waals surface area contributed by atoms with Crippen molar-refractivity contribution in [2.75, 3.05) is 13.1 Å². The average Bonchev–Trinajstić information content (AvgIpc) is 3.14. The molecular weight excluding hydrogens is 387 g/mol. The molecule has 8 heteroatoms. The van der Waals surface area contributed by atoms with Crippen molar-refractivity contribution in [3.8, 4) is 0 Å². The van der Waals surface area contributed by atoms with Gasteiger partial charge in [-0.3, -0.25) is 9.69 Å². The lowest BCUT2D eigenvalue weighted by molar-refractivity contribution is -0.141. The molecule has 4 nitrogen and oxygen atoms in total. The largest absolute Gasteiger partial charge is 0.431 e. The van der Waals surface area contributed by atoms with E-state index in [9.17, 15) is 18.0 Å². The maximum Gasteiger partial charge on any atom is 0.431 e. The Balaban J connectivity index is 1.39. The predicted octanol–water partition coefficient (Wildman–Crippen LogP) is 4.40. The summed E-state index contributed by atoms with van der Waals surface area (Å²) in [7, 11) is 0. The van der Waals surface area contributed by atoms with E-state index in [4.69, 9.17) is 0 Å². The minimum Gasteiger partial charge on any atom is -0.347 e.